The van der Waals surface area contributed by atoms with E-state index in [0.717, 1.165) is 13.0 Å². The van der Waals surface area contributed by atoms with E-state index >= 15 is 0 Å². The third kappa shape index (κ3) is 2.05. The minimum absolute atomic E-state index is 0.973. The van der Waals surface area contributed by atoms with Gasteiger partial charge in [0.2, 0.25) is 0 Å². The second-order valence-electron chi connectivity index (χ2n) is 4.22. The lowest BCUT2D eigenvalue weighted by Gasteiger charge is -1.94. The molecule has 1 aromatic carbocycles. The van der Waals surface area contributed by atoms with Crippen LogP contribution >= 0.6 is 11.3 Å². The number of aromatic amines is 1. The van der Waals surface area contributed by atoms with Gasteiger partial charge in [0.15, 0.2) is 0 Å². The Labute approximate surface area is 110 Å². The minimum Gasteiger partial charge on any atom is -0.361 e. The van der Waals surface area contributed by atoms with Crippen molar-refractivity contribution in [3.05, 3.63) is 41.7 Å². The number of hydrogen-bond acceptors (Lipinski definition) is 3. The topological polar surface area (TPSA) is 40.7 Å². The van der Waals surface area contributed by atoms with Gasteiger partial charge >= 0.3 is 0 Å². The number of nitrogens with one attached hydrogen (secondary N) is 2. The van der Waals surface area contributed by atoms with Crippen LogP contribution in [0.5, 0.6) is 0 Å². The van der Waals surface area contributed by atoms with Crippen molar-refractivity contribution < 1.29 is 0 Å². The maximum Gasteiger partial charge on any atom is 0.0943 e. The van der Waals surface area contributed by atoms with Crippen molar-refractivity contribution in [1.29, 1.82) is 0 Å². The Morgan fingerprint density at radius 3 is 3.11 bits per heavy atom. The van der Waals surface area contributed by atoms with Crippen LogP contribution in [-0.2, 0) is 6.42 Å². The van der Waals surface area contributed by atoms with E-state index in [1.807, 2.05) is 19.3 Å². The molecule has 0 bridgehead atoms. The number of H-pyrrole nitrogens is 1. The van der Waals surface area contributed by atoms with Gasteiger partial charge in [0.1, 0.15) is 0 Å². The first-order valence-electron chi connectivity index (χ1n) is 6.04. The summed E-state index contributed by atoms with van der Waals surface area (Å²) in [5.74, 6) is 0. The molecular weight excluding hydrogens is 242 g/mol. The number of benzene rings is 1. The van der Waals surface area contributed by atoms with E-state index in [9.17, 15) is 0 Å². The average molecular weight is 257 g/mol. The Morgan fingerprint density at radius 1 is 1.33 bits per heavy atom. The molecule has 18 heavy (non-hydrogen) atoms. The predicted octanol–water partition coefficient (Wildman–Crippen LogP) is 3.05. The van der Waals surface area contributed by atoms with Crippen LogP contribution in [-0.4, -0.2) is 23.6 Å². The van der Waals surface area contributed by atoms with Gasteiger partial charge in [-0.2, -0.15) is 0 Å². The van der Waals surface area contributed by atoms with E-state index in [0.29, 0.717) is 0 Å². The number of likely N-dealkylation sites (N-methyl/N-ethyl adjacent to an activating group) is 1. The molecule has 0 aliphatic heterocycles. The zero-order valence-corrected chi connectivity index (χ0v) is 11.1. The molecule has 3 rings (SSSR count). The molecule has 0 spiro atoms. The maximum absolute atomic E-state index is 4.48. The van der Waals surface area contributed by atoms with Crippen LogP contribution in [0, 0.1) is 0 Å². The van der Waals surface area contributed by atoms with Gasteiger partial charge in [-0.25, -0.2) is 4.98 Å². The molecule has 4 heteroatoms. The first kappa shape index (κ1) is 11.4. The van der Waals surface area contributed by atoms with Crippen molar-refractivity contribution >= 4 is 22.2 Å². The number of rotatable bonds is 4. The lowest BCUT2D eigenvalue weighted by atomic mass is 10.1. The molecule has 0 aliphatic carbocycles. The van der Waals surface area contributed by atoms with Crippen molar-refractivity contribution in [2.24, 2.45) is 0 Å². The Balaban J connectivity index is 1.96. The van der Waals surface area contributed by atoms with Gasteiger partial charge in [0.25, 0.3) is 0 Å². The first-order valence-corrected chi connectivity index (χ1v) is 6.86. The van der Waals surface area contributed by atoms with Crippen LogP contribution in [0.1, 0.15) is 5.01 Å². The van der Waals surface area contributed by atoms with Gasteiger partial charge in [-0.1, -0.05) is 18.2 Å². The van der Waals surface area contributed by atoms with Gasteiger partial charge in [-0.05, 0) is 13.1 Å². The fraction of sp³-hybridized carbons (Fsp3) is 0.214. The molecule has 3 nitrogen and oxygen atoms in total. The van der Waals surface area contributed by atoms with E-state index in [1.165, 1.54) is 26.4 Å². The van der Waals surface area contributed by atoms with Gasteiger partial charge < -0.3 is 10.3 Å². The molecule has 0 unspecified atom stereocenters. The summed E-state index contributed by atoms with van der Waals surface area (Å²) in [7, 11) is 1.97. The molecule has 2 N–H and O–H groups in total. The molecule has 0 atom stereocenters. The van der Waals surface area contributed by atoms with Crippen LogP contribution in [0.4, 0.5) is 0 Å². The fourth-order valence-corrected chi connectivity index (χ4v) is 3.01. The number of aromatic nitrogens is 2. The van der Waals surface area contributed by atoms with Crippen LogP contribution in [0.3, 0.4) is 0 Å². The zero-order chi connectivity index (χ0) is 12.4. The Hall–Kier alpha value is -1.65. The van der Waals surface area contributed by atoms with Crippen molar-refractivity contribution in [2.45, 2.75) is 6.42 Å². The van der Waals surface area contributed by atoms with E-state index < -0.39 is 0 Å². The average Bonchev–Trinajstić information content (AvgIpc) is 3.02. The van der Waals surface area contributed by atoms with E-state index in [-0.39, 0.29) is 0 Å². The van der Waals surface area contributed by atoms with Crippen LogP contribution in [0.25, 0.3) is 21.3 Å². The SMILES string of the molecule is CNCCc1ncc(-c2c[nH]c3ccccc23)s1. The largest absolute Gasteiger partial charge is 0.361 e. The van der Waals surface area contributed by atoms with Gasteiger partial charge in [-0.15, -0.1) is 11.3 Å². The Kier molecular flexibility index (Phi) is 3.13. The first-order chi connectivity index (χ1) is 8.88. The Bertz CT molecular complexity index is 654. The molecule has 0 saturated heterocycles. The quantitative estimate of drug-likeness (QED) is 0.754. The summed E-state index contributed by atoms with van der Waals surface area (Å²) in [6.45, 7) is 0.973. The molecule has 0 fully saturated rings. The monoisotopic (exact) mass is 257 g/mol. The fourth-order valence-electron chi connectivity index (χ4n) is 2.06. The second-order valence-corrected chi connectivity index (χ2v) is 5.33. The number of hydrogen-bond donors (Lipinski definition) is 2. The van der Waals surface area contributed by atoms with Crippen LogP contribution < -0.4 is 5.32 Å². The normalized spacial score (nSPS) is 11.2. The highest BCUT2D eigenvalue weighted by molar-refractivity contribution is 7.15. The van der Waals surface area contributed by atoms with Crippen LogP contribution in [0.15, 0.2) is 36.7 Å². The molecule has 92 valence electrons. The third-order valence-corrected chi connectivity index (χ3v) is 4.09. The van der Waals surface area contributed by atoms with E-state index in [4.69, 9.17) is 0 Å². The highest BCUT2D eigenvalue weighted by Crippen LogP contribution is 2.32. The summed E-state index contributed by atoms with van der Waals surface area (Å²) in [5.41, 5.74) is 2.43. The van der Waals surface area contributed by atoms with Crippen molar-refractivity contribution in [1.82, 2.24) is 15.3 Å². The predicted molar refractivity (Wildman–Crippen MR) is 77.0 cm³/mol. The number of para-hydroxylation sites is 1. The molecule has 3 aromatic rings. The summed E-state index contributed by atoms with van der Waals surface area (Å²) in [4.78, 5) is 9.02. The Morgan fingerprint density at radius 2 is 2.22 bits per heavy atom. The molecular formula is C14H15N3S. The smallest absolute Gasteiger partial charge is 0.0943 e. The molecule has 0 aliphatic rings. The zero-order valence-electron chi connectivity index (χ0n) is 10.2. The summed E-state index contributed by atoms with van der Waals surface area (Å²) >= 11 is 1.77. The summed E-state index contributed by atoms with van der Waals surface area (Å²) in [6, 6.07) is 8.37. The maximum atomic E-state index is 4.48. The number of thiazole rings is 1. The minimum atomic E-state index is 0.973. The molecule has 2 aromatic heterocycles. The van der Waals surface area contributed by atoms with E-state index in [1.54, 1.807) is 11.3 Å². The lowest BCUT2D eigenvalue weighted by molar-refractivity contribution is 0.787. The van der Waals surface area contributed by atoms with Gasteiger partial charge in [0, 0.05) is 41.8 Å². The number of fused-ring (bicyclic) bond motifs is 1. The van der Waals surface area contributed by atoms with Crippen molar-refractivity contribution in [2.75, 3.05) is 13.6 Å². The van der Waals surface area contributed by atoms with Gasteiger partial charge in [-0.3, -0.25) is 0 Å². The van der Waals surface area contributed by atoms with Crippen LogP contribution in [0.2, 0.25) is 0 Å². The lowest BCUT2D eigenvalue weighted by Crippen LogP contribution is -2.09. The standard InChI is InChI=1S/C14H15N3S/c1-15-7-6-14-17-9-13(18-14)11-8-16-12-5-3-2-4-10(11)12/h2-5,8-9,15-16H,6-7H2,1H3. The molecule has 0 amide bonds. The summed E-state index contributed by atoms with van der Waals surface area (Å²) in [6.07, 6.45) is 5.04. The second kappa shape index (κ2) is 4.92. The molecule has 0 saturated carbocycles. The van der Waals surface area contributed by atoms with Crippen molar-refractivity contribution in [3.8, 4) is 10.4 Å². The highest BCUT2D eigenvalue weighted by Gasteiger charge is 2.09. The third-order valence-electron chi connectivity index (χ3n) is 3.00. The number of nitrogens with zero attached hydrogens (tertiary/aromatic N) is 1. The van der Waals surface area contributed by atoms with Gasteiger partial charge in [0.05, 0.1) is 9.88 Å². The molecule has 2 heterocycles. The summed E-state index contributed by atoms with van der Waals surface area (Å²) in [5, 5.41) is 5.60. The van der Waals surface area contributed by atoms with E-state index in [2.05, 4.69) is 39.7 Å². The van der Waals surface area contributed by atoms with Crippen molar-refractivity contribution in [3.63, 3.8) is 0 Å². The highest BCUT2D eigenvalue weighted by atomic mass is 32.1. The summed E-state index contributed by atoms with van der Waals surface area (Å²) < 4.78 is 0. The molecule has 0 radical (unpaired) electrons.